The molecule has 0 amide bonds. The van der Waals surface area contributed by atoms with Crippen molar-refractivity contribution in [2.24, 2.45) is 4.99 Å². The molecule has 3 aromatic carbocycles. The number of hydrogen-bond acceptors (Lipinski definition) is 5. The van der Waals surface area contributed by atoms with Crippen LogP contribution in [-0.2, 0) is 11.3 Å². The van der Waals surface area contributed by atoms with Crippen LogP contribution in [0.5, 0.6) is 11.5 Å². The van der Waals surface area contributed by atoms with Crippen molar-refractivity contribution < 1.29 is 14.2 Å². The van der Waals surface area contributed by atoms with Gasteiger partial charge < -0.3 is 19.1 Å². The van der Waals surface area contributed by atoms with Gasteiger partial charge in [0.2, 0.25) is 0 Å². The summed E-state index contributed by atoms with van der Waals surface area (Å²) in [5.74, 6) is 1.41. The topological polar surface area (TPSA) is 43.3 Å². The standard InChI is InChI=1S/C26H28N2O3/c1-20-3-5-21(6-4-20)19-31-25-12-7-22(17-26(25)29-2)18-27-23-8-10-24(11-9-23)28-13-15-30-16-14-28/h3-12,17-18H,13-16,19H2,1-2H3. The third-order valence-electron chi connectivity index (χ3n) is 5.29. The van der Waals surface area contributed by atoms with Crippen LogP contribution >= 0.6 is 0 Å². The van der Waals surface area contributed by atoms with E-state index in [4.69, 9.17) is 14.2 Å². The smallest absolute Gasteiger partial charge is 0.161 e. The summed E-state index contributed by atoms with van der Waals surface area (Å²) < 4.78 is 16.9. The Morgan fingerprint density at radius 3 is 2.39 bits per heavy atom. The molecule has 1 heterocycles. The van der Waals surface area contributed by atoms with Crippen LogP contribution < -0.4 is 14.4 Å². The highest BCUT2D eigenvalue weighted by atomic mass is 16.5. The molecule has 31 heavy (non-hydrogen) atoms. The van der Waals surface area contributed by atoms with Gasteiger partial charge in [0.1, 0.15) is 6.61 Å². The van der Waals surface area contributed by atoms with E-state index in [-0.39, 0.29) is 0 Å². The molecule has 0 saturated carbocycles. The average molecular weight is 417 g/mol. The summed E-state index contributed by atoms with van der Waals surface area (Å²) >= 11 is 0. The second-order valence-electron chi connectivity index (χ2n) is 7.56. The highest BCUT2D eigenvalue weighted by molar-refractivity contribution is 5.83. The van der Waals surface area contributed by atoms with E-state index in [1.54, 1.807) is 7.11 Å². The van der Waals surface area contributed by atoms with Gasteiger partial charge in [-0.25, -0.2) is 0 Å². The predicted molar refractivity (Wildman–Crippen MR) is 125 cm³/mol. The first-order valence-electron chi connectivity index (χ1n) is 10.5. The predicted octanol–water partition coefficient (Wildman–Crippen LogP) is 5.17. The van der Waals surface area contributed by atoms with Crippen LogP contribution in [-0.4, -0.2) is 39.6 Å². The maximum Gasteiger partial charge on any atom is 0.161 e. The molecule has 1 aliphatic heterocycles. The van der Waals surface area contributed by atoms with Crippen molar-refractivity contribution in [3.05, 3.63) is 83.4 Å². The molecule has 0 spiro atoms. The number of anilines is 1. The Labute approximate surface area is 183 Å². The van der Waals surface area contributed by atoms with E-state index in [0.717, 1.165) is 48.9 Å². The lowest BCUT2D eigenvalue weighted by Crippen LogP contribution is -2.36. The monoisotopic (exact) mass is 416 g/mol. The Balaban J connectivity index is 1.40. The summed E-state index contributed by atoms with van der Waals surface area (Å²) in [5, 5.41) is 0. The van der Waals surface area contributed by atoms with Crippen LogP contribution in [0.2, 0.25) is 0 Å². The van der Waals surface area contributed by atoms with E-state index >= 15 is 0 Å². The summed E-state index contributed by atoms with van der Waals surface area (Å²) in [6, 6.07) is 22.5. The van der Waals surface area contributed by atoms with E-state index in [1.807, 2.05) is 36.5 Å². The van der Waals surface area contributed by atoms with Crippen LogP contribution in [0.15, 0.2) is 71.7 Å². The fraction of sp³-hybridized carbons (Fsp3) is 0.269. The number of rotatable bonds is 7. The van der Waals surface area contributed by atoms with Crippen LogP contribution in [0, 0.1) is 6.92 Å². The molecule has 160 valence electrons. The van der Waals surface area contributed by atoms with Crippen molar-refractivity contribution >= 4 is 17.6 Å². The Morgan fingerprint density at radius 2 is 1.68 bits per heavy atom. The Hall–Kier alpha value is -3.31. The molecule has 0 bridgehead atoms. The van der Waals surface area contributed by atoms with E-state index < -0.39 is 0 Å². The van der Waals surface area contributed by atoms with Gasteiger partial charge >= 0.3 is 0 Å². The van der Waals surface area contributed by atoms with Gasteiger partial charge in [-0.15, -0.1) is 0 Å². The van der Waals surface area contributed by atoms with Crippen molar-refractivity contribution in [2.75, 3.05) is 38.3 Å². The van der Waals surface area contributed by atoms with Gasteiger partial charge in [-0.05, 0) is 60.5 Å². The number of nitrogens with zero attached hydrogens (tertiary/aromatic N) is 2. The summed E-state index contributed by atoms with van der Waals surface area (Å²) in [6.07, 6.45) is 1.84. The summed E-state index contributed by atoms with van der Waals surface area (Å²) in [4.78, 5) is 6.94. The minimum Gasteiger partial charge on any atom is -0.493 e. The molecule has 4 rings (SSSR count). The van der Waals surface area contributed by atoms with Crippen LogP contribution in [0.25, 0.3) is 0 Å². The van der Waals surface area contributed by atoms with Crippen LogP contribution in [0.4, 0.5) is 11.4 Å². The molecule has 0 aromatic heterocycles. The average Bonchev–Trinajstić information content (AvgIpc) is 2.83. The quantitative estimate of drug-likeness (QED) is 0.499. The Morgan fingerprint density at radius 1 is 0.935 bits per heavy atom. The minimum absolute atomic E-state index is 0.500. The second kappa shape index (κ2) is 10.1. The van der Waals surface area contributed by atoms with Crippen molar-refractivity contribution in [1.29, 1.82) is 0 Å². The zero-order valence-electron chi connectivity index (χ0n) is 18.1. The first-order chi connectivity index (χ1) is 15.2. The molecule has 5 nitrogen and oxygen atoms in total. The normalized spacial score (nSPS) is 14.1. The lowest BCUT2D eigenvalue weighted by molar-refractivity contribution is 0.122. The molecule has 0 atom stereocenters. The largest absolute Gasteiger partial charge is 0.493 e. The lowest BCUT2D eigenvalue weighted by atomic mass is 10.1. The first kappa shape index (κ1) is 20.9. The molecule has 1 saturated heterocycles. The molecule has 0 unspecified atom stereocenters. The van der Waals surface area contributed by atoms with Crippen molar-refractivity contribution in [3.8, 4) is 11.5 Å². The van der Waals surface area contributed by atoms with Crippen molar-refractivity contribution in [1.82, 2.24) is 0 Å². The Kier molecular flexibility index (Phi) is 6.85. The van der Waals surface area contributed by atoms with Gasteiger partial charge in [0.25, 0.3) is 0 Å². The minimum atomic E-state index is 0.500. The molecule has 3 aromatic rings. The molecular weight excluding hydrogens is 388 g/mol. The number of methoxy groups -OCH3 is 1. The highest BCUT2D eigenvalue weighted by Gasteiger charge is 2.10. The van der Waals surface area contributed by atoms with Gasteiger partial charge in [0.05, 0.1) is 26.0 Å². The summed E-state index contributed by atoms with van der Waals surface area (Å²) in [6.45, 7) is 6.01. The maximum absolute atomic E-state index is 5.96. The fourth-order valence-electron chi connectivity index (χ4n) is 3.45. The first-order valence-corrected chi connectivity index (χ1v) is 10.5. The molecule has 1 aliphatic rings. The molecule has 0 aliphatic carbocycles. The second-order valence-corrected chi connectivity index (χ2v) is 7.56. The number of hydrogen-bond donors (Lipinski definition) is 0. The lowest BCUT2D eigenvalue weighted by Gasteiger charge is -2.28. The zero-order chi connectivity index (χ0) is 21.5. The number of ether oxygens (including phenoxy) is 3. The van der Waals surface area contributed by atoms with Gasteiger partial charge in [0.15, 0.2) is 11.5 Å². The van der Waals surface area contributed by atoms with Crippen LogP contribution in [0.3, 0.4) is 0 Å². The number of aliphatic imine (C=N–C) groups is 1. The third kappa shape index (κ3) is 5.64. The SMILES string of the molecule is COc1cc(C=Nc2ccc(N3CCOCC3)cc2)ccc1OCc1ccc(C)cc1. The van der Waals surface area contributed by atoms with Crippen molar-refractivity contribution in [2.45, 2.75) is 13.5 Å². The summed E-state index contributed by atoms with van der Waals surface area (Å²) in [5.41, 5.74) is 5.44. The van der Waals surface area contributed by atoms with E-state index in [0.29, 0.717) is 12.4 Å². The number of morpholine rings is 1. The van der Waals surface area contributed by atoms with Gasteiger partial charge in [-0.2, -0.15) is 0 Å². The number of benzene rings is 3. The highest BCUT2D eigenvalue weighted by Crippen LogP contribution is 2.29. The maximum atomic E-state index is 5.96. The summed E-state index contributed by atoms with van der Waals surface area (Å²) in [7, 11) is 1.65. The molecular formula is C26H28N2O3. The number of aryl methyl sites for hydroxylation is 1. The van der Waals surface area contributed by atoms with Crippen molar-refractivity contribution in [3.63, 3.8) is 0 Å². The van der Waals surface area contributed by atoms with Gasteiger partial charge in [0, 0.05) is 25.0 Å². The fourth-order valence-corrected chi connectivity index (χ4v) is 3.45. The van der Waals surface area contributed by atoms with Gasteiger partial charge in [-0.1, -0.05) is 29.8 Å². The molecule has 1 fully saturated rings. The van der Waals surface area contributed by atoms with E-state index in [1.165, 1.54) is 11.3 Å². The molecule has 0 N–H and O–H groups in total. The van der Waals surface area contributed by atoms with Gasteiger partial charge in [-0.3, -0.25) is 4.99 Å². The van der Waals surface area contributed by atoms with E-state index in [2.05, 4.69) is 53.2 Å². The van der Waals surface area contributed by atoms with E-state index in [9.17, 15) is 0 Å². The molecule has 5 heteroatoms. The zero-order valence-corrected chi connectivity index (χ0v) is 18.1. The Bertz CT molecular complexity index is 1010. The molecule has 0 radical (unpaired) electrons. The third-order valence-corrected chi connectivity index (χ3v) is 5.29. The van der Waals surface area contributed by atoms with Crippen LogP contribution in [0.1, 0.15) is 16.7 Å².